The van der Waals surface area contributed by atoms with E-state index in [-0.39, 0.29) is 0 Å². The number of anilines is 1. The summed E-state index contributed by atoms with van der Waals surface area (Å²) in [6.45, 7) is 4.56. The van der Waals surface area contributed by atoms with Gasteiger partial charge in [-0.25, -0.2) is 0 Å². The molecule has 0 unspecified atom stereocenters. The zero-order valence-electron chi connectivity index (χ0n) is 11.9. The first-order chi connectivity index (χ1) is 10.1. The summed E-state index contributed by atoms with van der Waals surface area (Å²) < 4.78 is 1.21. The van der Waals surface area contributed by atoms with Crippen molar-refractivity contribution in [2.24, 2.45) is 0 Å². The number of benzene rings is 2. The molecule has 0 aliphatic carbocycles. The maximum atomic E-state index is 9.70. The third-order valence-electron chi connectivity index (χ3n) is 3.58. The highest BCUT2D eigenvalue weighted by Gasteiger charge is 2.10. The summed E-state index contributed by atoms with van der Waals surface area (Å²) in [5, 5.41) is 15.1. The Kier molecular flexibility index (Phi) is 3.79. The number of nitrogens with one attached hydrogen (secondary N) is 1. The molecule has 0 radical (unpaired) electrons. The highest BCUT2D eigenvalue weighted by Crippen LogP contribution is 2.36. The van der Waals surface area contributed by atoms with E-state index in [1.165, 1.54) is 4.70 Å². The van der Waals surface area contributed by atoms with Gasteiger partial charge in [-0.2, -0.15) is 0 Å². The van der Waals surface area contributed by atoms with Crippen molar-refractivity contribution in [1.29, 1.82) is 0 Å². The van der Waals surface area contributed by atoms with E-state index >= 15 is 0 Å². The fourth-order valence-corrected chi connectivity index (χ4v) is 3.78. The Balaban J connectivity index is 1.87. The van der Waals surface area contributed by atoms with E-state index in [9.17, 15) is 5.11 Å². The van der Waals surface area contributed by atoms with Gasteiger partial charge in [0.05, 0.1) is 11.6 Å². The standard InChI is InChI=1S/C17H16ClNOS/c1-10-8-14(20)11(2)7-13(10)19-9-16-17(18)12-5-3-4-6-15(12)21-16/h3-8,19-20H,9H2,1-2H3. The Labute approximate surface area is 133 Å². The van der Waals surface area contributed by atoms with Crippen molar-refractivity contribution in [2.45, 2.75) is 20.4 Å². The molecule has 3 aromatic rings. The Morgan fingerprint density at radius 3 is 2.67 bits per heavy atom. The van der Waals surface area contributed by atoms with Gasteiger partial charge in [-0.05, 0) is 43.2 Å². The average molecular weight is 318 g/mol. The van der Waals surface area contributed by atoms with Gasteiger partial charge < -0.3 is 10.4 Å². The summed E-state index contributed by atoms with van der Waals surface area (Å²) in [7, 11) is 0. The number of aromatic hydroxyl groups is 1. The fourth-order valence-electron chi connectivity index (χ4n) is 2.35. The van der Waals surface area contributed by atoms with E-state index in [2.05, 4.69) is 11.4 Å². The van der Waals surface area contributed by atoms with E-state index in [0.29, 0.717) is 12.3 Å². The summed E-state index contributed by atoms with van der Waals surface area (Å²) >= 11 is 8.16. The van der Waals surface area contributed by atoms with Crippen LogP contribution in [0.2, 0.25) is 5.02 Å². The summed E-state index contributed by atoms with van der Waals surface area (Å²) in [5.74, 6) is 0.331. The lowest BCUT2D eigenvalue weighted by atomic mass is 10.1. The highest BCUT2D eigenvalue weighted by atomic mass is 35.5. The average Bonchev–Trinajstić information content (AvgIpc) is 2.79. The van der Waals surface area contributed by atoms with Gasteiger partial charge in [-0.1, -0.05) is 29.8 Å². The van der Waals surface area contributed by atoms with Crippen LogP contribution in [0.25, 0.3) is 10.1 Å². The lowest BCUT2D eigenvalue weighted by Crippen LogP contribution is -2.00. The van der Waals surface area contributed by atoms with Gasteiger partial charge in [0.2, 0.25) is 0 Å². The zero-order valence-corrected chi connectivity index (χ0v) is 13.5. The van der Waals surface area contributed by atoms with Crippen molar-refractivity contribution in [3.8, 4) is 5.75 Å². The molecule has 1 heterocycles. The van der Waals surface area contributed by atoms with Crippen molar-refractivity contribution >= 4 is 38.7 Å². The largest absolute Gasteiger partial charge is 0.508 e. The fraction of sp³-hybridized carbons (Fsp3) is 0.176. The number of rotatable bonds is 3. The van der Waals surface area contributed by atoms with Gasteiger partial charge in [0, 0.05) is 20.7 Å². The van der Waals surface area contributed by atoms with Crippen molar-refractivity contribution in [1.82, 2.24) is 0 Å². The predicted octanol–water partition coefficient (Wildman–Crippen LogP) is 5.49. The van der Waals surface area contributed by atoms with Crippen LogP contribution in [0.4, 0.5) is 5.69 Å². The molecule has 2 aromatic carbocycles. The Hall–Kier alpha value is -1.71. The number of halogens is 1. The van der Waals surface area contributed by atoms with Crippen LogP contribution in [0.1, 0.15) is 16.0 Å². The van der Waals surface area contributed by atoms with Crippen LogP contribution in [0.3, 0.4) is 0 Å². The molecule has 2 nitrogen and oxygen atoms in total. The quantitative estimate of drug-likeness (QED) is 0.626. The molecule has 0 spiro atoms. The lowest BCUT2D eigenvalue weighted by Gasteiger charge is -2.11. The molecular weight excluding hydrogens is 302 g/mol. The van der Waals surface area contributed by atoms with E-state index in [4.69, 9.17) is 11.6 Å². The molecule has 0 saturated carbocycles. The molecule has 0 amide bonds. The van der Waals surface area contributed by atoms with E-state index in [1.807, 2.05) is 38.1 Å². The summed E-state index contributed by atoms with van der Waals surface area (Å²) in [6.07, 6.45) is 0. The van der Waals surface area contributed by atoms with E-state index in [1.54, 1.807) is 17.4 Å². The van der Waals surface area contributed by atoms with Crippen molar-refractivity contribution < 1.29 is 5.11 Å². The molecule has 4 heteroatoms. The summed E-state index contributed by atoms with van der Waals surface area (Å²) in [6, 6.07) is 11.9. The summed E-state index contributed by atoms with van der Waals surface area (Å²) in [5.41, 5.74) is 2.92. The van der Waals surface area contributed by atoms with Crippen molar-refractivity contribution in [3.63, 3.8) is 0 Å². The molecule has 21 heavy (non-hydrogen) atoms. The smallest absolute Gasteiger partial charge is 0.118 e. The minimum Gasteiger partial charge on any atom is -0.508 e. The molecule has 2 N–H and O–H groups in total. The number of phenols is 1. The normalized spacial score (nSPS) is 11.0. The van der Waals surface area contributed by atoms with Gasteiger partial charge in [-0.3, -0.25) is 0 Å². The first-order valence-corrected chi connectivity index (χ1v) is 7.95. The monoisotopic (exact) mass is 317 g/mol. The second-order valence-corrected chi connectivity index (χ2v) is 6.66. The van der Waals surface area contributed by atoms with Gasteiger partial charge >= 0.3 is 0 Å². The van der Waals surface area contributed by atoms with Crippen LogP contribution in [-0.4, -0.2) is 5.11 Å². The Bertz CT molecular complexity index is 810. The second kappa shape index (κ2) is 5.58. The number of aryl methyl sites for hydroxylation is 2. The molecule has 0 aliphatic rings. The van der Waals surface area contributed by atoms with Crippen LogP contribution in [-0.2, 0) is 6.54 Å². The predicted molar refractivity (Wildman–Crippen MR) is 91.7 cm³/mol. The van der Waals surface area contributed by atoms with E-state index < -0.39 is 0 Å². The van der Waals surface area contributed by atoms with Crippen LogP contribution in [0.5, 0.6) is 5.75 Å². The van der Waals surface area contributed by atoms with Crippen LogP contribution in [0, 0.1) is 13.8 Å². The Morgan fingerprint density at radius 2 is 1.90 bits per heavy atom. The number of phenolic OH excluding ortho intramolecular Hbond substituents is 1. The van der Waals surface area contributed by atoms with E-state index in [0.717, 1.165) is 32.1 Å². The van der Waals surface area contributed by atoms with Gasteiger partial charge in [0.1, 0.15) is 5.75 Å². The molecule has 0 atom stereocenters. The van der Waals surface area contributed by atoms with Crippen LogP contribution >= 0.6 is 22.9 Å². The number of hydrogen-bond donors (Lipinski definition) is 2. The SMILES string of the molecule is Cc1cc(NCc2sc3ccccc3c2Cl)c(C)cc1O. The van der Waals surface area contributed by atoms with Crippen molar-refractivity contribution in [3.05, 3.63) is 57.4 Å². The number of fused-ring (bicyclic) bond motifs is 1. The molecule has 0 aliphatic heterocycles. The highest BCUT2D eigenvalue weighted by molar-refractivity contribution is 7.19. The first-order valence-electron chi connectivity index (χ1n) is 6.76. The second-order valence-electron chi connectivity index (χ2n) is 5.14. The molecule has 1 aromatic heterocycles. The van der Waals surface area contributed by atoms with Gasteiger partial charge in [0.25, 0.3) is 0 Å². The summed E-state index contributed by atoms with van der Waals surface area (Å²) in [4.78, 5) is 1.13. The van der Waals surface area contributed by atoms with Crippen LogP contribution < -0.4 is 5.32 Å². The van der Waals surface area contributed by atoms with Crippen LogP contribution in [0.15, 0.2) is 36.4 Å². The zero-order chi connectivity index (χ0) is 15.0. The maximum absolute atomic E-state index is 9.70. The third kappa shape index (κ3) is 2.71. The number of hydrogen-bond acceptors (Lipinski definition) is 3. The number of thiophene rings is 1. The molecule has 0 fully saturated rings. The topological polar surface area (TPSA) is 32.3 Å². The molecule has 0 saturated heterocycles. The van der Waals surface area contributed by atoms with Crippen molar-refractivity contribution in [2.75, 3.05) is 5.32 Å². The maximum Gasteiger partial charge on any atom is 0.118 e. The lowest BCUT2D eigenvalue weighted by molar-refractivity contribution is 0.471. The molecule has 108 valence electrons. The minimum atomic E-state index is 0.331. The molecule has 0 bridgehead atoms. The molecular formula is C17H16ClNOS. The first kappa shape index (κ1) is 14.2. The molecule has 3 rings (SSSR count). The third-order valence-corrected chi connectivity index (χ3v) is 5.30. The minimum absolute atomic E-state index is 0.331. The van der Waals surface area contributed by atoms with Gasteiger partial charge in [0.15, 0.2) is 0 Å². The Morgan fingerprint density at radius 1 is 1.14 bits per heavy atom. The van der Waals surface area contributed by atoms with Gasteiger partial charge in [-0.15, -0.1) is 11.3 Å².